The zero-order valence-electron chi connectivity index (χ0n) is 24.2. The number of hydrogen-bond donors (Lipinski definition) is 3. The van der Waals surface area contributed by atoms with Gasteiger partial charge in [-0.25, -0.2) is 4.98 Å². The molecule has 3 N–H and O–H groups in total. The molecule has 1 aromatic heterocycles. The Labute approximate surface area is 244 Å². The van der Waals surface area contributed by atoms with Gasteiger partial charge in [0.15, 0.2) is 0 Å². The van der Waals surface area contributed by atoms with Crippen molar-refractivity contribution in [3.8, 4) is 0 Å². The third-order valence-electron chi connectivity index (χ3n) is 8.53. The molecule has 2 atom stereocenters. The van der Waals surface area contributed by atoms with E-state index in [4.69, 9.17) is 0 Å². The first kappa shape index (κ1) is 30.1. The molecule has 1 saturated heterocycles. The lowest BCUT2D eigenvalue weighted by Crippen LogP contribution is -2.51. The number of nitrogens with one attached hydrogen (secondary N) is 3. The molecule has 3 aliphatic rings. The third kappa shape index (κ3) is 7.14. The van der Waals surface area contributed by atoms with Crippen LogP contribution in [0.2, 0.25) is 0 Å². The Bertz CT molecular complexity index is 1240. The van der Waals surface area contributed by atoms with E-state index in [0.29, 0.717) is 43.2 Å². The average Bonchev–Trinajstić information content (AvgIpc) is 3.65. The summed E-state index contributed by atoms with van der Waals surface area (Å²) >= 11 is 0. The van der Waals surface area contributed by atoms with Gasteiger partial charge in [0.1, 0.15) is 11.4 Å². The van der Waals surface area contributed by atoms with Crippen LogP contribution in [0.25, 0.3) is 0 Å². The number of piperazine rings is 1. The lowest BCUT2D eigenvalue weighted by molar-refractivity contribution is -0.137. The number of amides is 2. The van der Waals surface area contributed by atoms with Crippen molar-refractivity contribution in [2.24, 2.45) is 5.92 Å². The number of benzene rings is 1. The summed E-state index contributed by atoms with van der Waals surface area (Å²) in [5.74, 6) is -1.04. The molecule has 2 aliphatic carbocycles. The summed E-state index contributed by atoms with van der Waals surface area (Å²) in [4.78, 5) is 38.2. The average molecular weight is 588 g/mol. The third-order valence-corrected chi connectivity index (χ3v) is 8.53. The number of halogens is 3. The van der Waals surface area contributed by atoms with Crippen LogP contribution in [-0.2, 0) is 11.0 Å². The van der Waals surface area contributed by atoms with E-state index < -0.39 is 23.7 Å². The Hall–Kier alpha value is -3.41. The maximum atomic E-state index is 13.8. The SMILES string of the molecule is CC(C)NC(=O)[C@H]1CCCC1Nc1nc(Nc2ccc(C(=O)N3CCN(C4CCCC4)CC3)cc2)ncc1C(F)(F)F. The van der Waals surface area contributed by atoms with Crippen molar-refractivity contribution in [2.45, 2.75) is 83.1 Å². The summed E-state index contributed by atoms with van der Waals surface area (Å²) in [6.07, 6.45) is 3.04. The van der Waals surface area contributed by atoms with Gasteiger partial charge >= 0.3 is 6.18 Å². The van der Waals surface area contributed by atoms with Gasteiger partial charge in [0.25, 0.3) is 5.91 Å². The first-order chi connectivity index (χ1) is 20.1. The second-order valence-corrected chi connectivity index (χ2v) is 11.9. The normalized spacial score (nSPS) is 22.0. The Morgan fingerprint density at radius 1 is 0.952 bits per heavy atom. The molecule has 0 bridgehead atoms. The molecule has 42 heavy (non-hydrogen) atoms. The van der Waals surface area contributed by atoms with Crippen molar-refractivity contribution in [1.82, 2.24) is 25.1 Å². The van der Waals surface area contributed by atoms with Gasteiger partial charge in [0, 0.05) is 61.8 Å². The van der Waals surface area contributed by atoms with Crippen molar-refractivity contribution >= 4 is 29.3 Å². The molecule has 1 aliphatic heterocycles. The smallest absolute Gasteiger partial charge is 0.366 e. The molecule has 3 fully saturated rings. The maximum Gasteiger partial charge on any atom is 0.421 e. The number of hydrogen-bond acceptors (Lipinski definition) is 7. The van der Waals surface area contributed by atoms with Crippen LogP contribution in [0.4, 0.5) is 30.6 Å². The van der Waals surface area contributed by atoms with Gasteiger partial charge < -0.3 is 20.9 Å². The Kier molecular flexibility index (Phi) is 9.19. The number of alkyl halides is 3. The number of nitrogens with zero attached hydrogens (tertiary/aromatic N) is 4. The molecule has 2 saturated carbocycles. The van der Waals surface area contributed by atoms with Crippen LogP contribution >= 0.6 is 0 Å². The van der Waals surface area contributed by atoms with Gasteiger partial charge in [-0.3, -0.25) is 14.5 Å². The van der Waals surface area contributed by atoms with Gasteiger partial charge in [-0.2, -0.15) is 18.2 Å². The monoisotopic (exact) mass is 587 g/mol. The lowest BCUT2D eigenvalue weighted by Gasteiger charge is -2.38. The summed E-state index contributed by atoms with van der Waals surface area (Å²) < 4.78 is 41.5. The molecule has 12 heteroatoms. The van der Waals surface area contributed by atoms with E-state index >= 15 is 0 Å². The standard InChI is InChI=1S/C30H40F3N7O2/c1-19(2)35-27(41)23-8-5-9-25(23)37-26-24(30(31,32)33)18-34-29(38-26)36-21-12-10-20(11-13-21)28(42)40-16-14-39(15-17-40)22-6-3-4-7-22/h10-13,18-19,22-23,25H,3-9,14-17H2,1-2H3,(H,35,41)(H2,34,36,37,38)/t23-,25?/m0/s1. The van der Waals surface area contributed by atoms with Gasteiger partial charge in [0.05, 0.1) is 5.92 Å². The zero-order valence-corrected chi connectivity index (χ0v) is 24.2. The molecule has 228 valence electrons. The highest BCUT2D eigenvalue weighted by molar-refractivity contribution is 5.94. The second kappa shape index (κ2) is 12.8. The summed E-state index contributed by atoms with van der Waals surface area (Å²) in [7, 11) is 0. The van der Waals surface area contributed by atoms with E-state index in [-0.39, 0.29) is 29.6 Å². The van der Waals surface area contributed by atoms with Gasteiger partial charge in [-0.1, -0.05) is 19.3 Å². The van der Waals surface area contributed by atoms with Crippen LogP contribution in [0.15, 0.2) is 30.5 Å². The number of rotatable bonds is 8. The maximum absolute atomic E-state index is 13.8. The highest BCUT2D eigenvalue weighted by Crippen LogP contribution is 2.37. The molecule has 2 amide bonds. The van der Waals surface area contributed by atoms with Crippen molar-refractivity contribution in [2.75, 3.05) is 36.8 Å². The minimum absolute atomic E-state index is 0.0196. The van der Waals surface area contributed by atoms with E-state index in [9.17, 15) is 22.8 Å². The highest BCUT2D eigenvalue weighted by Gasteiger charge is 2.39. The zero-order chi connectivity index (χ0) is 29.9. The molecular weight excluding hydrogens is 547 g/mol. The lowest BCUT2D eigenvalue weighted by atomic mass is 10.0. The van der Waals surface area contributed by atoms with E-state index in [2.05, 4.69) is 30.8 Å². The minimum Gasteiger partial charge on any atom is -0.366 e. The topological polar surface area (TPSA) is 102 Å². The van der Waals surface area contributed by atoms with Crippen molar-refractivity contribution in [3.05, 3.63) is 41.6 Å². The number of aromatic nitrogens is 2. The fourth-order valence-electron chi connectivity index (χ4n) is 6.34. The van der Waals surface area contributed by atoms with Crippen molar-refractivity contribution in [1.29, 1.82) is 0 Å². The first-order valence-electron chi connectivity index (χ1n) is 15.0. The van der Waals surface area contributed by atoms with E-state index in [1.807, 2.05) is 18.7 Å². The molecular formula is C30H40F3N7O2. The highest BCUT2D eigenvalue weighted by atomic mass is 19.4. The molecule has 1 unspecified atom stereocenters. The quantitative estimate of drug-likeness (QED) is 0.398. The molecule has 2 heterocycles. The summed E-state index contributed by atoms with van der Waals surface area (Å²) in [5, 5.41) is 8.71. The van der Waals surface area contributed by atoms with Crippen LogP contribution < -0.4 is 16.0 Å². The van der Waals surface area contributed by atoms with Crippen LogP contribution in [-0.4, -0.2) is 75.9 Å². The number of carbonyl (C=O) groups excluding carboxylic acids is 2. The molecule has 0 spiro atoms. The van der Waals surface area contributed by atoms with Crippen molar-refractivity contribution in [3.63, 3.8) is 0 Å². The van der Waals surface area contributed by atoms with Gasteiger partial charge in [0.2, 0.25) is 11.9 Å². The molecule has 0 radical (unpaired) electrons. The van der Waals surface area contributed by atoms with Crippen molar-refractivity contribution < 1.29 is 22.8 Å². The summed E-state index contributed by atoms with van der Waals surface area (Å²) in [6, 6.07) is 6.91. The van der Waals surface area contributed by atoms with Gasteiger partial charge in [-0.15, -0.1) is 0 Å². The first-order valence-corrected chi connectivity index (χ1v) is 15.0. The molecule has 5 rings (SSSR count). The minimum atomic E-state index is -4.67. The van der Waals surface area contributed by atoms with Crippen LogP contribution in [0, 0.1) is 5.92 Å². The molecule has 9 nitrogen and oxygen atoms in total. The predicted octanol–water partition coefficient (Wildman–Crippen LogP) is 5.04. The van der Waals surface area contributed by atoms with Crippen LogP contribution in [0.3, 0.4) is 0 Å². The van der Waals surface area contributed by atoms with E-state index in [0.717, 1.165) is 25.7 Å². The number of carbonyl (C=O) groups is 2. The molecule has 2 aromatic rings. The van der Waals surface area contributed by atoms with Crippen LogP contribution in [0.1, 0.15) is 74.7 Å². The Morgan fingerprint density at radius 3 is 2.29 bits per heavy atom. The summed E-state index contributed by atoms with van der Waals surface area (Å²) in [5.41, 5.74) is 0.104. The summed E-state index contributed by atoms with van der Waals surface area (Å²) in [6.45, 7) is 6.87. The van der Waals surface area contributed by atoms with Crippen LogP contribution in [0.5, 0.6) is 0 Å². The fourth-order valence-corrected chi connectivity index (χ4v) is 6.34. The Morgan fingerprint density at radius 2 is 1.64 bits per heavy atom. The largest absolute Gasteiger partial charge is 0.421 e. The predicted molar refractivity (Wildman–Crippen MR) is 155 cm³/mol. The Balaban J connectivity index is 1.24. The van der Waals surface area contributed by atoms with E-state index in [1.165, 1.54) is 25.7 Å². The fraction of sp³-hybridized carbons (Fsp3) is 0.600. The second-order valence-electron chi connectivity index (χ2n) is 11.9. The molecule has 1 aromatic carbocycles. The van der Waals surface area contributed by atoms with Gasteiger partial charge in [-0.05, 0) is 63.8 Å². The number of anilines is 3. The van der Waals surface area contributed by atoms with E-state index in [1.54, 1.807) is 24.3 Å².